The lowest BCUT2D eigenvalue weighted by atomic mass is 9.90. The van der Waals surface area contributed by atoms with Gasteiger partial charge in [-0.15, -0.1) is 11.3 Å². The molecule has 0 bridgehead atoms. The quantitative estimate of drug-likeness (QED) is 0.556. The molecule has 0 amide bonds. The Hall–Kier alpha value is -0.895. The molecule has 0 fully saturated rings. The van der Waals surface area contributed by atoms with Crippen LogP contribution in [0.1, 0.15) is 5.56 Å². The van der Waals surface area contributed by atoms with Crippen molar-refractivity contribution >= 4 is 34.9 Å². The second kappa shape index (κ2) is 2.56. The van der Waals surface area contributed by atoms with Gasteiger partial charge in [0.15, 0.2) is 0 Å². The zero-order valence-electron chi connectivity index (χ0n) is 6.47. The summed E-state index contributed by atoms with van der Waals surface area (Å²) in [5, 5.41) is 0. The van der Waals surface area contributed by atoms with Crippen molar-refractivity contribution < 1.29 is 4.39 Å². The first-order valence-electron chi connectivity index (χ1n) is 3.48. The summed E-state index contributed by atoms with van der Waals surface area (Å²) in [6.07, 6.45) is 0. The molecule has 0 atom stereocenters. The molecule has 0 aliphatic heterocycles. The van der Waals surface area contributed by atoms with Crippen molar-refractivity contribution in [2.45, 2.75) is 6.92 Å². The van der Waals surface area contributed by atoms with Crippen LogP contribution in [0.3, 0.4) is 0 Å². The van der Waals surface area contributed by atoms with Crippen LogP contribution in [0.5, 0.6) is 0 Å². The van der Waals surface area contributed by atoms with Gasteiger partial charge in [0.1, 0.15) is 13.7 Å². The van der Waals surface area contributed by atoms with Gasteiger partial charge in [-0.3, -0.25) is 0 Å². The van der Waals surface area contributed by atoms with Gasteiger partial charge < -0.3 is 0 Å². The minimum absolute atomic E-state index is 0.260. The standard InChI is InChI=1S/C8H5BFNS/c1-4-5(10)2-6-8(7(4)9)11-3-12-6/h2-3H,1H3. The van der Waals surface area contributed by atoms with Gasteiger partial charge in [-0.2, -0.15) is 0 Å². The molecule has 1 nitrogen and oxygen atoms in total. The lowest BCUT2D eigenvalue weighted by molar-refractivity contribution is 0.622. The van der Waals surface area contributed by atoms with E-state index in [2.05, 4.69) is 4.98 Å². The first-order valence-corrected chi connectivity index (χ1v) is 4.36. The van der Waals surface area contributed by atoms with Crippen molar-refractivity contribution in [2.75, 3.05) is 0 Å². The van der Waals surface area contributed by atoms with Gasteiger partial charge in [0, 0.05) is 0 Å². The maximum Gasteiger partial charge on any atom is 0.127 e. The summed E-state index contributed by atoms with van der Waals surface area (Å²) in [6.45, 7) is 1.66. The van der Waals surface area contributed by atoms with E-state index >= 15 is 0 Å². The van der Waals surface area contributed by atoms with Gasteiger partial charge in [0.05, 0.1) is 15.7 Å². The topological polar surface area (TPSA) is 12.9 Å². The number of hydrogen-bond acceptors (Lipinski definition) is 2. The van der Waals surface area contributed by atoms with E-state index < -0.39 is 0 Å². The molecule has 4 heteroatoms. The van der Waals surface area contributed by atoms with Crippen LogP contribution < -0.4 is 5.46 Å². The van der Waals surface area contributed by atoms with Crippen LogP contribution in [0, 0.1) is 12.7 Å². The van der Waals surface area contributed by atoms with Crippen molar-refractivity contribution in [2.24, 2.45) is 0 Å². The average Bonchev–Trinajstić information content (AvgIpc) is 2.48. The van der Waals surface area contributed by atoms with E-state index in [-0.39, 0.29) is 5.82 Å². The van der Waals surface area contributed by atoms with Gasteiger partial charge in [-0.25, -0.2) is 9.37 Å². The van der Waals surface area contributed by atoms with Gasteiger partial charge >= 0.3 is 0 Å². The summed E-state index contributed by atoms with van der Waals surface area (Å²) in [5.74, 6) is -0.260. The van der Waals surface area contributed by atoms with Crippen molar-refractivity contribution in [3.8, 4) is 0 Å². The van der Waals surface area contributed by atoms with Crippen LogP contribution in [0.25, 0.3) is 10.2 Å². The Bertz CT molecular complexity index is 438. The first-order chi connectivity index (χ1) is 5.70. The maximum absolute atomic E-state index is 13.1. The Labute approximate surface area is 74.7 Å². The molecule has 2 radical (unpaired) electrons. The number of fused-ring (bicyclic) bond motifs is 1. The predicted molar refractivity (Wildman–Crippen MR) is 49.7 cm³/mol. The molecule has 0 aliphatic carbocycles. The Kier molecular flexibility index (Phi) is 1.65. The lowest BCUT2D eigenvalue weighted by Crippen LogP contribution is -2.10. The molecule has 2 aromatic rings. The molecular formula is C8H5BFNS. The molecule has 0 aliphatic rings. The highest BCUT2D eigenvalue weighted by atomic mass is 32.1. The third-order valence-corrected chi connectivity index (χ3v) is 2.65. The minimum atomic E-state index is -0.260. The number of thiazole rings is 1. The average molecular weight is 177 g/mol. The molecule has 0 spiro atoms. The lowest BCUT2D eigenvalue weighted by Gasteiger charge is -2.01. The second-order valence-corrected chi connectivity index (χ2v) is 3.48. The van der Waals surface area contributed by atoms with Crippen LogP contribution in [0.4, 0.5) is 4.39 Å². The van der Waals surface area contributed by atoms with E-state index in [1.54, 1.807) is 12.4 Å². The van der Waals surface area contributed by atoms with E-state index in [1.807, 2.05) is 0 Å². The van der Waals surface area contributed by atoms with E-state index in [1.165, 1.54) is 17.4 Å². The Morgan fingerprint density at radius 1 is 1.58 bits per heavy atom. The Balaban J connectivity index is 2.94. The summed E-state index contributed by atoms with van der Waals surface area (Å²) in [7, 11) is 5.67. The molecule has 2 rings (SSSR count). The number of hydrogen-bond donors (Lipinski definition) is 0. The number of nitrogens with zero attached hydrogens (tertiary/aromatic N) is 1. The van der Waals surface area contributed by atoms with Crippen molar-refractivity contribution in [3.05, 3.63) is 23.0 Å². The molecule has 0 saturated heterocycles. The van der Waals surface area contributed by atoms with Crippen LogP contribution in [0.15, 0.2) is 11.6 Å². The van der Waals surface area contributed by atoms with E-state index in [0.717, 1.165) is 4.70 Å². The summed E-state index contributed by atoms with van der Waals surface area (Å²) in [6, 6.07) is 1.47. The van der Waals surface area contributed by atoms with Crippen LogP contribution in [-0.2, 0) is 0 Å². The number of rotatable bonds is 0. The third-order valence-electron chi connectivity index (χ3n) is 1.87. The predicted octanol–water partition coefficient (Wildman–Crippen LogP) is 1.54. The maximum atomic E-state index is 13.1. The molecule has 1 aromatic carbocycles. The molecule has 0 unspecified atom stereocenters. The fourth-order valence-electron chi connectivity index (χ4n) is 1.09. The highest BCUT2D eigenvalue weighted by molar-refractivity contribution is 7.16. The normalized spacial score (nSPS) is 10.8. The number of halogens is 1. The summed E-state index contributed by atoms with van der Waals surface area (Å²) in [5.41, 5.74) is 3.30. The van der Waals surface area contributed by atoms with Gasteiger partial charge in [-0.05, 0) is 18.6 Å². The fourth-order valence-corrected chi connectivity index (χ4v) is 1.81. The zero-order valence-corrected chi connectivity index (χ0v) is 7.28. The molecule has 1 heterocycles. The van der Waals surface area contributed by atoms with Crippen molar-refractivity contribution in [3.63, 3.8) is 0 Å². The number of benzene rings is 1. The van der Waals surface area contributed by atoms with Crippen molar-refractivity contribution in [1.29, 1.82) is 0 Å². The van der Waals surface area contributed by atoms with Gasteiger partial charge in [-0.1, -0.05) is 5.46 Å². The highest BCUT2D eigenvalue weighted by Crippen LogP contribution is 2.18. The van der Waals surface area contributed by atoms with Crippen LogP contribution in [-0.4, -0.2) is 12.8 Å². The van der Waals surface area contributed by atoms with Crippen molar-refractivity contribution in [1.82, 2.24) is 4.98 Å². The fraction of sp³-hybridized carbons (Fsp3) is 0.125. The summed E-state index contributed by atoms with van der Waals surface area (Å²) in [4.78, 5) is 4.05. The third kappa shape index (κ3) is 0.949. The van der Waals surface area contributed by atoms with Crippen LogP contribution in [0.2, 0.25) is 0 Å². The molecule has 0 saturated carbocycles. The van der Waals surface area contributed by atoms with Crippen LogP contribution >= 0.6 is 11.3 Å². The monoisotopic (exact) mass is 177 g/mol. The second-order valence-electron chi connectivity index (χ2n) is 2.60. The molecule has 12 heavy (non-hydrogen) atoms. The Morgan fingerprint density at radius 3 is 3.08 bits per heavy atom. The van der Waals surface area contributed by atoms with Gasteiger partial charge in [0.2, 0.25) is 0 Å². The SMILES string of the molecule is [B]c1c(C)c(F)cc2scnc12. The smallest absolute Gasteiger partial charge is 0.127 e. The minimum Gasteiger partial charge on any atom is -0.245 e. The molecule has 1 aromatic heterocycles. The summed E-state index contributed by atoms with van der Waals surface area (Å²) >= 11 is 1.39. The largest absolute Gasteiger partial charge is 0.245 e. The number of aromatic nitrogens is 1. The molecule has 58 valence electrons. The molecular weight excluding hydrogens is 172 g/mol. The Morgan fingerprint density at radius 2 is 2.33 bits per heavy atom. The van der Waals surface area contributed by atoms with E-state index in [4.69, 9.17) is 7.85 Å². The van der Waals surface area contributed by atoms with E-state index in [9.17, 15) is 4.39 Å². The molecule has 0 N–H and O–H groups in total. The van der Waals surface area contributed by atoms with Gasteiger partial charge in [0.25, 0.3) is 0 Å². The zero-order chi connectivity index (χ0) is 8.72. The summed E-state index contributed by atoms with van der Waals surface area (Å²) < 4.78 is 13.9. The van der Waals surface area contributed by atoms with E-state index in [0.29, 0.717) is 16.5 Å². The first kappa shape index (κ1) is 7.74. The highest BCUT2D eigenvalue weighted by Gasteiger charge is 2.07.